The van der Waals surface area contributed by atoms with Crippen LogP contribution in [0.15, 0.2) is 41.3 Å². The lowest BCUT2D eigenvalue weighted by Crippen LogP contribution is -2.35. The molecule has 0 bridgehead atoms. The molecule has 0 aromatic heterocycles. The van der Waals surface area contributed by atoms with Crippen molar-refractivity contribution < 1.29 is 18.0 Å². The van der Waals surface area contributed by atoms with Gasteiger partial charge in [-0.3, -0.25) is 9.59 Å². The van der Waals surface area contributed by atoms with Crippen molar-refractivity contribution in [3.05, 3.63) is 58.7 Å². The third kappa shape index (κ3) is 4.81. The van der Waals surface area contributed by atoms with Gasteiger partial charge in [-0.1, -0.05) is 29.8 Å². The second-order valence-electron chi connectivity index (χ2n) is 6.67. The highest BCUT2D eigenvalue weighted by molar-refractivity contribution is 7.89. The van der Waals surface area contributed by atoms with E-state index >= 15 is 0 Å². The second kappa shape index (κ2) is 8.02. The van der Waals surface area contributed by atoms with E-state index in [9.17, 15) is 18.0 Å². The van der Waals surface area contributed by atoms with E-state index < -0.39 is 15.9 Å². The third-order valence-corrected chi connectivity index (χ3v) is 6.06. The van der Waals surface area contributed by atoms with E-state index in [-0.39, 0.29) is 17.2 Å². The summed E-state index contributed by atoms with van der Waals surface area (Å²) in [5.41, 5.74) is 3.92. The Labute approximate surface area is 160 Å². The standard InChI is InChI=1S/C20H24N2O4S/c1-13-9-14(2)20(15(3)10-13)21-19(24)12-22(5)27(25,26)18-8-6-7-17(11-18)16(4)23/h6-11H,12H2,1-5H3,(H,21,24). The maximum Gasteiger partial charge on any atom is 0.243 e. The third-order valence-electron chi connectivity index (χ3n) is 4.26. The molecule has 0 saturated carbocycles. The van der Waals surface area contributed by atoms with Gasteiger partial charge in [-0.2, -0.15) is 4.31 Å². The first kappa shape index (κ1) is 20.8. The summed E-state index contributed by atoms with van der Waals surface area (Å²) < 4.78 is 26.4. The highest BCUT2D eigenvalue weighted by atomic mass is 32.2. The first-order valence-corrected chi connectivity index (χ1v) is 9.91. The van der Waals surface area contributed by atoms with E-state index in [0.717, 1.165) is 21.0 Å². The van der Waals surface area contributed by atoms with Crippen LogP contribution in [-0.2, 0) is 14.8 Å². The van der Waals surface area contributed by atoms with Crippen molar-refractivity contribution in [2.24, 2.45) is 0 Å². The summed E-state index contributed by atoms with van der Waals surface area (Å²) in [5, 5.41) is 2.79. The van der Waals surface area contributed by atoms with Gasteiger partial charge in [0.1, 0.15) is 0 Å². The van der Waals surface area contributed by atoms with Gasteiger partial charge in [0, 0.05) is 18.3 Å². The van der Waals surface area contributed by atoms with E-state index in [2.05, 4.69) is 5.32 Å². The minimum atomic E-state index is -3.89. The van der Waals surface area contributed by atoms with Gasteiger partial charge in [-0.05, 0) is 51.0 Å². The summed E-state index contributed by atoms with van der Waals surface area (Å²) >= 11 is 0. The Morgan fingerprint density at radius 3 is 2.19 bits per heavy atom. The van der Waals surface area contributed by atoms with E-state index in [1.807, 2.05) is 32.9 Å². The van der Waals surface area contributed by atoms with Gasteiger partial charge in [-0.15, -0.1) is 0 Å². The van der Waals surface area contributed by atoms with Crippen LogP contribution in [0.4, 0.5) is 5.69 Å². The SMILES string of the molecule is CC(=O)c1cccc(S(=O)(=O)N(C)CC(=O)Nc2c(C)cc(C)cc2C)c1. The molecular formula is C20H24N2O4S. The normalized spacial score (nSPS) is 11.5. The number of ketones is 1. The van der Waals surface area contributed by atoms with Crippen molar-refractivity contribution in [1.29, 1.82) is 0 Å². The van der Waals surface area contributed by atoms with Crippen molar-refractivity contribution in [3.8, 4) is 0 Å². The second-order valence-corrected chi connectivity index (χ2v) is 8.71. The maximum absolute atomic E-state index is 12.7. The molecule has 6 nitrogen and oxygen atoms in total. The van der Waals surface area contributed by atoms with Crippen molar-refractivity contribution in [3.63, 3.8) is 0 Å². The quantitative estimate of drug-likeness (QED) is 0.771. The van der Waals surface area contributed by atoms with Crippen LogP contribution in [0.5, 0.6) is 0 Å². The Hall–Kier alpha value is -2.51. The topological polar surface area (TPSA) is 83.6 Å². The lowest BCUT2D eigenvalue weighted by Gasteiger charge is -2.18. The molecule has 0 atom stereocenters. The number of sulfonamides is 1. The number of rotatable bonds is 6. The summed E-state index contributed by atoms with van der Waals surface area (Å²) in [6.07, 6.45) is 0. The van der Waals surface area contributed by atoms with Gasteiger partial charge in [0.05, 0.1) is 11.4 Å². The molecule has 0 spiro atoms. The Morgan fingerprint density at radius 2 is 1.63 bits per heavy atom. The number of nitrogens with zero attached hydrogens (tertiary/aromatic N) is 1. The Bertz CT molecular complexity index is 974. The molecule has 2 rings (SSSR count). The summed E-state index contributed by atoms with van der Waals surface area (Å²) in [4.78, 5) is 23.9. The van der Waals surface area contributed by atoms with Crippen LogP contribution in [0.1, 0.15) is 34.0 Å². The average Bonchev–Trinajstić information content (AvgIpc) is 2.58. The first-order valence-electron chi connectivity index (χ1n) is 8.47. The van der Waals surface area contributed by atoms with Crippen LogP contribution in [0.25, 0.3) is 0 Å². The molecule has 1 N–H and O–H groups in total. The molecule has 2 aromatic rings. The molecule has 0 unspecified atom stereocenters. The van der Waals surface area contributed by atoms with Crippen molar-refractivity contribution in [2.75, 3.05) is 18.9 Å². The van der Waals surface area contributed by atoms with E-state index in [1.54, 1.807) is 6.07 Å². The Kier molecular flexibility index (Phi) is 6.18. The zero-order chi connectivity index (χ0) is 20.4. The predicted octanol–water partition coefficient (Wildman–Crippen LogP) is 3.07. The number of Topliss-reactive ketones (excluding diaryl/α,β-unsaturated/α-hetero) is 1. The lowest BCUT2D eigenvalue weighted by atomic mass is 10.1. The van der Waals surface area contributed by atoms with Gasteiger partial charge in [0.2, 0.25) is 15.9 Å². The molecule has 0 aliphatic heterocycles. The number of benzene rings is 2. The van der Waals surface area contributed by atoms with Crippen LogP contribution in [0.2, 0.25) is 0 Å². The van der Waals surface area contributed by atoms with Gasteiger partial charge in [-0.25, -0.2) is 8.42 Å². The lowest BCUT2D eigenvalue weighted by molar-refractivity contribution is -0.116. The largest absolute Gasteiger partial charge is 0.324 e. The number of amides is 1. The molecule has 0 aliphatic rings. The molecule has 144 valence electrons. The molecule has 0 aliphatic carbocycles. The number of likely N-dealkylation sites (N-methyl/N-ethyl adjacent to an activating group) is 1. The monoisotopic (exact) mass is 388 g/mol. The van der Waals surface area contributed by atoms with E-state index in [1.165, 1.54) is 32.2 Å². The molecule has 7 heteroatoms. The molecule has 2 aromatic carbocycles. The zero-order valence-corrected chi connectivity index (χ0v) is 17.0. The smallest absolute Gasteiger partial charge is 0.243 e. The van der Waals surface area contributed by atoms with Crippen LogP contribution in [0, 0.1) is 20.8 Å². The van der Waals surface area contributed by atoms with Crippen LogP contribution >= 0.6 is 0 Å². The van der Waals surface area contributed by atoms with Gasteiger partial charge >= 0.3 is 0 Å². The summed E-state index contributed by atoms with van der Waals surface area (Å²) in [7, 11) is -2.55. The van der Waals surface area contributed by atoms with Gasteiger partial charge in [0.15, 0.2) is 5.78 Å². The number of carbonyl (C=O) groups is 2. The number of hydrogen-bond acceptors (Lipinski definition) is 4. The van der Waals surface area contributed by atoms with Crippen LogP contribution < -0.4 is 5.32 Å². The molecular weight excluding hydrogens is 364 g/mol. The van der Waals surface area contributed by atoms with Gasteiger partial charge < -0.3 is 5.32 Å². The highest BCUT2D eigenvalue weighted by Crippen LogP contribution is 2.22. The minimum Gasteiger partial charge on any atom is -0.324 e. The number of nitrogens with one attached hydrogen (secondary N) is 1. The Balaban J connectivity index is 2.18. The molecule has 0 fully saturated rings. The number of hydrogen-bond donors (Lipinski definition) is 1. The summed E-state index contributed by atoms with van der Waals surface area (Å²) in [6.45, 7) is 6.79. The summed E-state index contributed by atoms with van der Waals surface area (Å²) in [6, 6.07) is 9.70. The number of aryl methyl sites for hydroxylation is 3. The van der Waals surface area contributed by atoms with Crippen molar-refractivity contribution in [2.45, 2.75) is 32.6 Å². The fourth-order valence-electron chi connectivity index (χ4n) is 2.90. The fraction of sp³-hybridized carbons (Fsp3) is 0.300. The molecule has 1 amide bonds. The minimum absolute atomic E-state index is 0.0202. The molecule has 27 heavy (non-hydrogen) atoms. The van der Waals surface area contributed by atoms with Crippen LogP contribution in [-0.4, -0.2) is 38.0 Å². The molecule has 0 heterocycles. The van der Waals surface area contributed by atoms with E-state index in [0.29, 0.717) is 11.3 Å². The average molecular weight is 388 g/mol. The van der Waals surface area contributed by atoms with Gasteiger partial charge in [0.25, 0.3) is 0 Å². The predicted molar refractivity (Wildman–Crippen MR) is 106 cm³/mol. The Morgan fingerprint density at radius 1 is 1.04 bits per heavy atom. The maximum atomic E-state index is 12.7. The number of anilines is 1. The summed E-state index contributed by atoms with van der Waals surface area (Å²) in [5.74, 6) is -0.656. The molecule has 0 radical (unpaired) electrons. The first-order chi connectivity index (χ1) is 12.5. The van der Waals surface area contributed by atoms with E-state index in [4.69, 9.17) is 0 Å². The fourth-order valence-corrected chi connectivity index (χ4v) is 4.07. The van der Waals surface area contributed by atoms with Crippen LogP contribution in [0.3, 0.4) is 0 Å². The van der Waals surface area contributed by atoms with Crippen molar-refractivity contribution >= 4 is 27.4 Å². The number of carbonyl (C=O) groups excluding carboxylic acids is 2. The van der Waals surface area contributed by atoms with Crippen molar-refractivity contribution in [1.82, 2.24) is 4.31 Å². The highest BCUT2D eigenvalue weighted by Gasteiger charge is 2.24. The molecule has 0 saturated heterocycles. The zero-order valence-electron chi connectivity index (χ0n) is 16.2.